The van der Waals surface area contributed by atoms with Crippen LogP contribution in [0.15, 0.2) is 35.3 Å². The van der Waals surface area contributed by atoms with Crippen molar-refractivity contribution in [3.05, 3.63) is 52.8 Å². The molecule has 2 aromatic carbocycles. The van der Waals surface area contributed by atoms with Gasteiger partial charge in [0.15, 0.2) is 5.96 Å². The standard InChI is InChI=1S/C21H28FN3O3/c1-13-7-8-15(9-18(13)22)14(2)25-21(23-3)24-12-17-19(27-5)10-16(26-4)11-20(17)28-6/h7-11,14H,12H2,1-6H3,(H2,23,24,25). The summed E-state index contributed by atoms with van der Waals surface area (Å²) in [5.74, 6) is 2.30. The number of methoxy groups -OCH3 is 3. The zero-order valence-corrected chi connectivity index (χ0v) is 17.2. The van der Waals surface area contributed by atoms with Crippen molar-refractivity contribution < 1.29 is 18.6 Å². The number of rotatable bonds is 7. The minimum atomic E-state index is -0.221. The molecule has 1 atom stereocenters. The maximum atomic E-state index is 13.8. The van der Waals surface area contributed by atoms with E-state index in [2.05, 4.69) is 15.6 Å². The van der Waals surface area contributed by atoms with E-state index < -0.39 is 0 Å². The summed E-state index contributed by atoms with van der Waals surface area (Å²) < 4.78 is 30.1. The highest BCUT2D eigenvalue weighted by Crippen LogP contribution is 2.33. The molecule has 0 heterocycles. The molecule has 0 saturated heterocycles. The van der Waals surface area contributed by atoms with E-state index in [0.29, 0.717) is 35.3 Å². The van der Waals surface area contributed by atoms with Crippen molar-refractivity contribution in [2.45, 2.75) is 26.4 Å². The van der Waals surface area contributed by atoms with Crippen molar-refractivity contribution in [1.29, 1.82) is 0 Å². The highest BCUT2D eigenvalue weighted by Gasteiger charge is 2.15. The number of nitrogens with zero attached hydrogens (tertiary/aromatic N) is 1. The summed E-state index contributed by atoms with van der Waals surface area (Å²) in [4.78, 5) is 4.25. The second kappa shape index (κ2) is 9.82. The molecule has 2 rings (SSSR count). The van der Waals surface area contributed by atoms with Crippen molar-refractivity contribution in [3.8, 4) is 17.2 Å². The molecule has 0 aliphatic heterocycles. The summed E-state index contributed by atoms with van der Waals surface area (Å²) in [6, 6.07) is 8.68. The number of guanidine groups is 1. The Morgan fingerprint density at radius 1 is 1.07 bits per heavy atom. The summed E-state index contributed by atoms with van der Waals surface area (Å²) in [7, 11) is 6.46. The van der Waals surface area contributed by atoms with E-state index in [1.165, 1.54) is 6.07 Å². The normalized spacial score (nSPS) is 12.3. The molecule has 2 aromatic rings. The van der Waals surface area contributed by atoms with E-state index in [-0.39, 0.29) is 11.9 Å². The summed E-state index contributed by atoms with van der Waals surface area (Å²) >= 11 is 0. The van der Waals surface area contributed by atoms with Gasteiger partial charge in [-0.25, -0.2) is 4.39 Å². The third-order valence-corrected chi connectivity index (χ3v) is 4.52. The molecular formula is C21H28FN3O3. The van der Waals surface area contributed by atoms with E-state index in [9.17, 15) is 4.39 Å². The van der Waals surface area contributed by atoms with Gasteiger partial charge in [-0.1, -0.05) is 12.1 Å². The molecule has 0 saturated carbocycles. The Hall–Kier alpha value is -2.96. The molecule has 0 spiro atoms. The van der Waals surface area contributed by atoms with Crippen LogP contribution in [0.4, 0.5) is 4.39 Å². The van der Waals surface area contributed by atoms with Crippen LogP contribution in [0.2, 0.25) is 0 Å². The number of ether oxygens (including phenoxy) is 3. The van der Waals surface area contributed by atoms with Crippen LogP contribution in [0.3, 0.4) is 0 Å². The Kier molecular flexibility index (Phi) is 7.49. The predicted octanol–water partition coefficient (Wildman–Crippen LogP) is 3.59. The molecule has 6 nitrogen and oxygen atoms in total. The van der Waals surface area contributed by atoms with Crippen LogP contribution in [0, 0.1) is 12.7 Å². The summed E-state index contributed by atoms with van der Waals surface area (Å²) in [6.45, 7) is 4.11. The van der Waals surface area contributed by atoms with Crippen molar-refractivity contribution in [2.75, 3.05) is 28.4 Å². The number of nitrogens with one attached hydrogen (secondary N) is 2. The number of benzene rings is 2. The van der Waals surface area contributed by atoms with E-state index in [1.807, 2.05) is 13.0 Å². The molecule has 0 fully saturated rings. The molecular weight excluding hydrogens is 361 g/mol. The van der Waals surface area contributed by atoms with Crippen LogP contribution in [-0.2, 0) is 6.54 Å². The van der Waals surface area contributed by atoms with Crippen molar-refractivity contribution in [1.82, 2.24) is 10.6 Å². The average molecular weight is 389 g/mol. The monoisotopic (exact) mass is 389 g/mol. The van der Waals surface area contributed by atoms with Gasteiger partial charge in [0.05, 0.1) is 39.5 Å². The van der Waals surface area contributed by atoms with Crippen molar-refractivity contribution >= 4 is 5.96 Å². The van der Waals surface area contributed by atoms with Crippen LogP contribution in [0.1, 0.15) is 29.7 Å². The van der Waals surface area contributed by atoms with Gasteiger partial charge in [-0.15, -0.1) is 0 Å². The Bertz CT molecular complexity index is 815. The molecule has 0 aliphatic rings. The molecule has 2 N–H and O–H groups in total. The molecule has 0 aliphatic carbocycles. The van der Waals surface area contributed by atoms with Crippen LogP contribution in [0.25, 0.3) is 0 Å². The minimum absolute atomic E-state index is 0.124. The minimum Gasteiger partial charge on any atom is -0.496 e. The molecule has 1 unspecified atom stereocenters. The molecule has 0 bridgehead atoms. The number of aliphatic imine (C=N–C) groups is 1. The second-order valence-electron chi connectivity index (χ2n) is 6.31. The third kappa shape index (κ3) is 5.06. The van der Waals surface area contributed by atoms with E-state index in [4.69, 9.17) is 14.2 Å². The molecule has 0 amide bonds. The van der Waals surface area contributed by atoms with E-state index in [1.54, 1.807) is 53.5 Å². The Labute approximate surface area is 165 Å². The predicted molar refractivity (Wildman–Crippen MR) is 109 cm³/mol. The van der Waals surface area contributed by atoms with Crippen molar-refractivity contribution in [2.24, 2.45) is 4.99 Å². The highest BCUT2D eigenvalue weighted by molar-refractivity contribution is 5.80. The topological polar surface area (TPSA) is 64.1 Å². The van der Waals surface area contributed by atoms with Crippen LogP contribution in [-0.4, -0.2) is 34.3 Å². The van der Waals surface area contributed by atoms with Crippen molar-refractivity contribution in [3.63, 3.8) is 0 Å². The number of halogens is 1. The summed E-state index contributed by atoms with van der Waals surface area (Å²) in [6.07, 6.45) is 0. The van der Waals surface area contributed by atoms with Gasteiger partial charge in [-0.2, -0.15) is 0 Å². The van der Waals surface area contributed by atoms with E-state index in [0.717, 1.165) is 11.1 Å². The molecule has 152 valence electrons. The molecule has 0 radical (unpaired) electrons. The smallest absolute Gasteiger partial charge is 0.191 e. The van der Waals surface area contributed by atoms with Crippen LogP contribution < -0.4 is 24.8 Å². The first-order chi connectivity index (χ1) is 13.4. The second-order valence-corrected chi connectivity index (χ2v) is 6.31. The molecule has 28 heavy (non-hydrogen) atoms. The zero-order chi connectivity index (χ0) is 20.7. The lowest BCUT2D eigenvalue weighted by Crippen LogP contribution is -2.38. The fraction of sp³-hybridized carbons (Fsp3) is 0.381. The summed E-state index contributed by atoms with van der Waals surface area (Å²) in [5.41, 5.74) is 2.30. The lowest BCUT2D eigenvalue weighted by Gasteiger charge is -2.20. The Balaban J connectivity index is 2.12. The lowest BCUT2D eigenvalue weighted by atomic mass is 10.1. The van der Waals surface area contributed by atoms with Gasteiger partial charge in [0.1, 0.15) is 23.1 Å². The zero-order valence-electron chi connectivity index (χ0n) is 17.2. The summed E-state index contributed by atoms with van der Waals surface area (Å²) in [5, 5.41) is 6.51. The maximum absolute atomic E-state index is 13.8. The lowest BCUT2D eigenvalue weighted by molar-refractivity contribution is 0.368. The van der Waals surface area contributed by atoms with Gasteiger partial charge >= 0.3 is 0 Å². The van der Waals surface area contributed by atoms with Gasteiger partial charge in [0.25, 0.3) is 0 Å². The SMILES string of the molecule is CN=C(NCc1c(OC)cc(OC)cc1OC)NC(C)c1ccc(C)c(F)c1. The van der Waals surface area contributed by atoms with Gasteiger partial charge in [0, 0.05) is 19.2 Å². The average Bonchev–Trinajstić information content (AvgIpc) is 2.72. The van der Waals surface area contributed by atoms with Gasteiger partial charge in [-0.3, -0.25) is 4.99 Å². The highest BCUT2D eigenvalue weighted by atomic mass is 19.1. The first-order valence-corrected chi connectivity index (χ1v) is 8.95. The van der Waals surface area contributed by atoms with Gasteiger partial charge < -0.3 is 24.8 Å². The Morgan fingerprint density at radius 3 is 2.21 bits per heavy atom. The number of hydrogen-bond acceptors (Lipinski definition) is 4. The fourth-order valence-corrected chi connectivity index (χ4v) is 2.79. The largest absolute Gasteiger partial charge is 0.496 e. The van der Waals surface area contributed by atoms with Crippen LogP contribution >= 0.6 is 0 Å². The maximum Gasteiger partial charge on any atom is 0.191 e. The molecule has 0 aromatic heterocycles. The number of hydrogen-bond donors (Lipinski definition) is 2. The molecule has 7 heteroatoms. The quantitative estimate of drug-likeness (QED) is 0.560. The Morgan fingerprint density at radius 2 is 1.71 bits per heavy atom. The third-order valence-electron chi connectivity index (χ3n) is 4.52. The van der Waals surface area contributed by atoms with Crippen LogP contribution in [0.5, 0.6) is 17.2 Å². The number of aryl methyl sites for hydroxylation is 1. The van der Waals surface area contributed by atoms with E-state index >= 15 is 0 Å². The fourth-order valence-electron chi connectivity index (χ4n) is 2.79. The van der Waals surface area contributed by atoms with Gasteiger partial charge in [-0.05, 0) is 31.0 Å². The first-order valence-electron chi connectivity index (χ1n) is 8.95. The van der Waals surface area contributed by atoms with Gasteiger partial charge in [0.2, 0.25) is 0 Å². The first kappa shape index (κ1) is 21.3.